The van der Waals surface area contributed by atoms with Crippen molar-refractivity contribution in [2.75, 3.05) is 29.6 Å². The van der Waals surface area contributed by atoms with E-state index < -0.39 is 45.6 Å². The van der Waals surface area contributed by atoms with Crippen LogP contribution in [0.25, 0.3) is 33.5 Å². The fraction of sp³-hybridized carbons (Fsp3) is 0.311. The summed E-state index contributed by atoms with van der Waals surface area (Å²) in [5, 5.41) is 17.8. The number of nitrogens with two attached hydrogens (primary N) is 1. The van der Waals surface area contributed by atoms with Crippen molar-refractivity contribution in [3.63, 3.8) is 0 Å². The molecule has 37 heteroatoms. The quantitative estimate of drug-likeness (QED) is 0.0458. The normalized spacial score (nSPS) is 16.5. The van der Waals surface area contributed by atoms with Gasteiger partial charge in [-0.1, -0.05) is 95.2 Å². The number of esters is 2. The maximum absolute atomic E-state index is 13.4. The van der Waals surface area contributed by atoms with Crippen molar-refractivity contribution in [3.05, 3.63) is 241 Å². The number of imidazole rings is 3. The van der Waals surface area contributed by atoms with Gasteiger partial charge in [-0.2, -0.15) is 9.97 Å². The standard InChI is InChI=1S/C25H24Cl2N6O4.C23H20Cl2N6O4.C14H11BrCl2N4O2.C11H14N2O2.CH4/c1-4-37-23(35)16-11-15(16)19-10-14(7-8-28-19)29-24-30-21-20(31(24)2)22(34)33(25(36)32(21)3)12-13-5-6-17(26)18(27)9-13;1-29-18-19(28-22(29)27-12-5-6-26-17(8-12)13-9-14(13)21(33)34)30(2)23(35)31(20(18)32)10-11-3-4-15(24)16(25)7-11;1-19-10-11(18-13(19)15)20(2)14(23)21(12(10)22)6-7-3-4-8(16)9(17)5-7;1-2-15-11(14)9-6-8(9)10-5-7(12)3-4-13-10;/h5-10,15-16H,4,11-12H2,1-3H3,(H,28,29,30);3-8,13-14H,9-10H2,1-2H3,(H,33,34)(H,26,27,28);3-5H,6H2,1-2H3;3-5,8-9H,2,6H2,1H3,(H2,12,13);1H4/t15-,16-;13-,14-;;8-,9-;/m00.0./s1. The Morgan fingerprint density at radius 3 is 1.14 bits per heavy atom. The molecule has 12 aromatic rings. The zero-order valence-corrected chi connectivity index (χ0v) is 66.0. The minimum Gasteiger partial charge on any atom is -0.481 e. The van der Waals surface area contributed by atoms with Crippen LogP contribution in [0.2, 0.25) is 30.1 Å². The van der Waals surface area contributed by atoms with Crippen LogP contribution in [0, 0.1) is 17.8 Å². The number of anilines is 5. The number of carbonyl (C=O) groups excluding carboxylic acids is 2. The van der Waals surface area contributed by atoms with Crippen LogP contribution in [-0.4, -0.2) is 107 Å². The number of halogens is 7. The highest BCUT2D eigenvalue weighted by Crippen LogP contribution is 2.49. The van der Waals surface area contributed by atoms with E-state index in [0.29, 0.717) is 123 Å². The molecule has 0 saturated heterocycles. The van der Waals surface area contributed by atoms with E-state index in [4.69, 9.17) is 84.8 Å². The highest BCUT2D eigenvalue weighted by Gasteiger charge is 2.48. The molecular weight excluding hydrogens is 1630 g/mol. The molecule has 30 nitrogen and oxygen atoms in total. The van der Waals surface area contributed by atoms with Crippen molar-refractivity contribution in [2.24, 2.45) is 60.0 Å². The number of aliphatic carboxylic acids is 1. The minimum absolute atomic E-state index is 0. The van der Waals surface area contributed by atoms with Gasteiger partial charge in [0.05, 0.1) is 80.7 Å². The first-order valence-corrected chi connectivity index (χ1v) is 37.1. The number of benzene rings is 3. The number of aromatic nitrogens is 15. The molecule has 3 aromatic carbocycles. The summed E-state index contributed by atoms with van der Waals surface area (Å²) in [4.78, 5) is 139. The Morgan fingerprint density at radius 2 is 0.802 bits per heavy atom. The zero-order valence-electron chi connectivity index (χ0n) is 59.9. The summed E-state index contributed by atoms with van der Waals surface area (Å²) in [7, 11) is 9.78. The third kappa shape index (κ3) is 17.2. The van der Waals surface area contributed by atoms with E-state index in [0.717, 1.165) is 31.5 Å². The Bertz CT molecular complexity index is 6090. The number of carboxylic acid groups (broad SMARTS) is 1. The topological polar surface area (TPSA) is 364 Å². The molecule has 0 unspecified atom stereocenters. The van der Waals surface area contributed by atoms with E-state index in [1.807, 2.05) is 19.1 Å². The number of nitrogens with zero attached hydrogens (tertiary/aromatic N) is 15. The number of fused-ring (bicyclic) bond motifs is 3. The largest absolute Gasteiger partial charge is 0.481 e. The van der Waals surface area contributed by atoms with E-state index in [9.17, 15) is 48.3 Å². The van der Waals surface area contributed by atoms with Crippen LogP contribution in [0.5, 0.6) is 0 Å². The molecule has 6 atom stereocenters. The Morgan fingerprint density at radius 1 is 0.468 bits per heavy atom. The Hall–Kier alpha value is -10.4. The first-order chi connectivity index (χ1) is 52.4. The predicted molar refractivity (Wildman–Crippen MR) is 429 cm³/mol. The second-order valence-corrected chi connectivity index (χ2v) is 29.4. The van der Waals surface area contributed by atoms with Gasteiger partial charge < -0.3 is 44.6 Å². The first-order valence-electron chi connectivity index (χ1n) is 34.1. The van der Waals surface area contributed by atoms with Gasteiger partial charge in [0.25, 0.3) is 16.7 Å². The highest BCUT2D eigenvalue weighted by atomic mass is 79.9. The van der Waals surface area contributed by atoms with Crippen LogP contribution in [0.1, 0.15) is 92.1 Å². The predicted octanol–water partition coefficient (Wildman–Crippen LogP) is 11.2. The third-order valence-electron chi connectivity index (χ3n) is 18.9. The van der Waals surface area contributed by atoms with Gasteiger partial charge in [0, 0.05) is 113 Å². The molecular formula is C74H73BrCl6N18O12. The van der Waals surface area contributed by atoms with Crippen LogP contribution >= 0.6 is 85.5 Å². The van der Waals surface area contributed by atoms with Crippen LogP contribution in [0.4, 0.5) is 29.0 Å². The van der Waals surface area contributed by atoms with E-state index in [1.54, 1.807) is 160 Å². The molecule has 5 N–H and O–H groups in total. The Labute approximate surface area is 669 Å². The number of carbonyl (C=O) groups is 3. The molecule has 580 valence electrons. The molecule has 0 spiro atoms. The molecule has 15 rings (SSSR count). The second-order valence-electron chi connectivity index (χ2n) is 26.3. The number of hydrogen-bond donors (Lipinski definition) is 4. The van der Waals surface area contributed by atoms with Crippen molar-refractivity contribution in [1.29, 1.82) is 0 Å². The van der Waals surface area contributed by atoms with Crippen LogP contribution in [0.3, 0.4) is 0 Å². The SMILES string of the molecule is C.CCOC(=O)[C@H]1C[C@@H]1c1cc(N)ccn1.CCOC(=O)[C@H]1C[C@@H]1c1cc(Nc2nc3c(c(=O)n(Cc4ccc(Cl)c(Cl)c4)c(=O)n3C)n2C)ccn1.Cn1c(Br)nc2c1c(=O)n(Cc1ccc(Cl)c(Cl)c1)c(=O)n2C.Cn1c(Nc2ccnc([C@H]3C[C@@H]3C(=O)O)c2)nc2c1c(=O)n(Cc1ccc(Cl)c(Cl)c1)c(=O)n2C. The molecule has 9 heterocycles. The molecule has 0 bridgehead atoms. The lowest BCUT2D eigenvalue weighted by Gasteiger charge is -2.10. The van der Waals surface area contributed by atoms with Crippen molar-refractivity contribution >= 4 is 166 Å². The lowest BCUT2D eigenvalue weighted by atomic mass is 10.2. The summed E-state index contributed by atoms with van der Waals surface area (Å²) in [5.74, 6) is -0.951. The van der Waals surface area contributed by atoms with E-state index >= 15 is 0 Å². The highest BCUT2D eigenvalue weighted by molar-refractivity contribution is 9.10. The summed E-state index contributed by atoms with van der Waals surface area (Å²) in [6.45, 7) is 4.53. The lowest BCUT2D eigenvalue weighted by molar-refractivity contribution is -0.145. The van der Waals surface area contributed by atoms with Gasteiger partial charge in [0.1, 0.15) is 0 Å². The fourth-order valence-electron chi connectivity index (χ4n) is 12.6. The molecule has 3 fully saturated rings. The maximum atomic E-state index is 13.4. The minimum atomic E-state index is -0.830. The lowest BCUT2D eigenvalue weighted by Crippen LogP contribution is -2.39. The Kier molecular flexibility index (Phi) is 24.7. The van der Waals surface area contributed by atoms with Crippen molar-refractivity contribution in [3.8, 4) is 0 Å². The van der Waals surface area contributed by atoms with Gasteiger partial charge in [-0.05, 0) is 139 Å². The molecule has 0 aliphatic heterocycles. The van der Waals surface area contributed by atoms with Crippen molar-refractivity contribution in [1.82, 2.24) is 71.0 Å². The van der Waals surface area contributed by atoms with Crippen molar-refractivity contribution in [2.45, 2.75) is 77.9 Å². The smallest absolute Gasteiger partial charge is 0.332 e. The van der Waals surface area contributed by atoms with Crippen molar-refractivity contribution < 1.29 is 29.0 Å². The monoisotopic (exact) mass is 1690 g/mol. The number of ether oxygens (including phenoxy) is 2. The number of nitrogen functional groups attached to an aromatic ring is 1. The molecule has 111 heavy (non-hydrogen) atoms. The molecule has 0 radical (unpaired) electrons. The van der Waals surface area contributed by atoms with Gasteiger partial charge in [0.2, 0.25) is 11.9 Å². The van der Waals surface area contributed by atoms with Gasteiger partial charge in [-0.25, -0.2) is 19.4 Å². The van der Waals surface area contributed by atoms with E-state index in [1.165, 1.54) is 13.7 Å². The number of hydrogen-bond acceptors (Lipinski definition) is 20. The Balaban J connectivity index is 0.000000153. The summed E-state index contributed by atoms with van der Waals surface area (Å²) < 4.78 is 22.8. The van der Waals surface area contributed by atoms with Crippen LogP contribution in [0.15, 0.2) is 143 Å². The van der Waals surface area contributed by atoms with Gasteiger partial charge in [-0.3, -0.25) is 71.1 Å². The average molecular weight is 1700 g/mol. The van der Waals surface area contributed by atoms with Gasteiger partial charge in [-0.15, -0.1) is 0 Å². The second kappa shape index (κ2) is 33.7. The molecule has 3 aliphatic rings. The summed E-state index contributed by atoms with van der Waals surface area (Å²) >= 11 is 39.3. The molecule has 3 aliphatic carbocycles. The summed E-state index contributed by atoms with van der Waals surface area (Å²) in [6, 6.07) is 25.6. The number of nitrogens with one attached hydrogen (secondary N) is 2. The average Bonchev–Trinajstić information content (AvgIpc) is 1.65. The van der Waals surface area contributed by atoms with Crippen LogP contribution in [-0.2, 0) is 85.8 Å². The fourth-order valence-corrected chi connectivity index (χ4v) is 14.0. The first kappa shape index (κ1) is 81.6. The number of carboxylic acids is 1. The van der Waals surface area contributed by atoms with Gasteiger partial charge in [0.15, 0.2) is 38.2 Å². The maximum Gasteiger partial charge on any atom is 0.332 e. The van der Waals surface area contributed by atoms with Crippen LogP contribution < -0.4 is 50.1 Å². The molecule has 0 amide bonds. The zero-order chi connectivity index (χ0) is 79.2. The number of aryl methyl sites for hydroxylation is 6. The summed E-state index contributed by atoms with van der Waals surface area (Å²) in [6.07, 6.45) is 7.00. The van der Waals surface area contributed by atoms with Gasteiger partial charge >= 0.3 is 35.0 Å². The number of rotatable bonds is 18. The third-order valence-corrected chi connectivity index (χ3v) is 21.8. The summed E-state index contributed by atoms with van der Waals surface area (Å²) in [5.41, 5.74) is 10.9. The van der Waals surface area contributed by atoms with E-state index in [-0.39, 0.29) is 90.9 Å². The van der Waals surface area contributed by atoms with E-state index in [2.05, 4.69) is 56.5 Å². The molecule has 9 aromatic heterocycles. The molecule has 3 saturated carbocycles. The number of pyridine rings is 3.